The van der Waals surface area contributed by atoms with E-state index in [0.717, 1.165) is 34.5 Å². The monoisotopic (exact) mass is 417 g/mol. The van der Waals surface area contributed by atoms with Crippen LogP contribution in [0.3, 0.4) is 0 Å². The minimum atomic E-state index is -1.23. The fraction of sp³-hybridized carbons (Fsp3) is 0.125. The highest BCUT2D eigenvalue weighted by molar-refractivity contribution is 6.21. The van der Waals surface area contributed by atoms with Crippen LogP contribution in [0, 0.1) is 11.6 Å². The molecule has 2 aliphatic rings. The molecule has 0 aromatic heterocycles. The highest BCUT2D eigenvalue weighted by atomic mass is 19.1. The fourth-order valence-electron chi connectivity index (χ4n) is 4.08. The number of halogens is 2. The van der Waals surface area contributed by atoms with Gasteiger partial charge in [-0.3, -0.25) is 9.59 Å². The first kappa shape index (κ1) is 19.1. The molecule has 31 heavy (non-hydrogen) atoms. The van der Waals surface area contributed by atoms with Gasteiger partial charge in [0.1, 0.15) is 11.6 Å². The van der Waals surface area contributed by atoms with Crippen LogP contribution in [0.25, 0.3) is 0 Å². The standard InChI is InChI=1S/C24H17F2N3O2/c25-17-11-16(12-18(26)13-17)23(30)28-22-24(31)29-10-9-15-7-4-8-19(21(15)29)20(27-22)14-5-2-1-3-6-14/h1-8,11-13,22H,9-10H2,(H,28,30)/t22-/m0/s1. The Balaban J connectivity index is 1.60. The van der Waals surface area contributed by atoms with E-state index in [0.29, 0.717) is 24.7 Å². The van der Waals surface area contributed by atoms with Crippen molar-refractivity contribution in [1.82, 2.24) is 5.32 Å². The molecule has 5 nitrogen and oxygen atoms in total. The molecule has 5 rings (SSSR count). The van der Waals surface area contributed by atoms with E-state index in [-0.39, 0.29) is 11.5 Å². The summed E-state index contributed by atoms with van der Waals surface area (Å²) in [5.74, 6) is -2.91. The number of hydrogen-bond acceptors (Lipinski definition) is 3. The van der Waals surface area contributed by atoms with Crippen LogP contribution in [0.15, 0.2) is 71.7 Å². The van der Waals surface area contributed by atoms with Crippen LogP contribution in [0.2, 0.25) is 0 Å². The molecule has 0 spiro atoms. The number of nitrogens with zero attached hydrogens (tertiary/aromatic N) is 2. The molecule has 0 saturated carbocycles. The molecule has 2 heterocycles. The van der Waals surface area contributed by atoms with Crippen molar-refractivity contribution in [1.29, 1.82) is 0 Å². The number of carbonyl (C=O) groups excluding carboxylic acids is 2. The Morgan fingerprint density at radius 3 is 2.48 bits per heavy atom. The molecule has 1 N–H and O–H groups in total. The second kappa shape index (κ2) is 7.43. The third-order valence-electron chi connectivity index (χ3n) is 5.45. The first-order valence-electron chi connectivity index (χ1n) is 9.85. The normalized spacial score (nSPS) is 17.1. The number of carbonyl (C=O) groups is 2. The lowest BCUT2D eigenvalue weighted by Crippen LogP contribution is -2.47. The number of rotatable bonds is 3. The molecule has 154 valence electrons. The fourth-order valence-corrected chi connectivity index (χ4v) is 4.08. The lowest BCUT2D eigenvalue weighted by atomic mass is 9.98. The maximum atomic E-state index is 13.6. The van der Waals surface area contributed by atoms with Gasteiger partial charge in [0.05, 0.1) is 11.4 Å². The molecule has 0 unspecified atom stereocenters. The summed E-state index contributed by atoms with van der Waals surface area (Å²) in [5.41, 5.74) is 3.80. The largest absolute Gasteiger partial charge is 0.322 e. The molecule has 0 saturated heterocycles. The highest BCUT2D eigenvalue weighted by Gasteiger charge is 2.37. The Morgan fingerprint density at radius 2 is 1.74 bits per heavy atom. The van der Waals surface area contributed by atoms with Crippen molar-refractivity contribution in [3.05, 3.63) is 101 Å². The third-order valence-corrected chi connectivity index (χ3v) is 5.45. The van der Waals surface area contributed by atoms with E-state index < -0.39 is 23.7 Å². The average molecular weight is 417 g/mol. The van der Waals surface area contributed by atoms with E-state index in [2.05, 4.69) is 10.3 Å². The Kier molecular flexibility index (Phi) is 4.58. The molecule has 0 aliphatic carbocycles. The van der Waals surface area contributed by atoms with Crippen LogP contribution in [-0.4, -0.2) is 30.2 Å². The van der Waals surface area contributed by atoms with E-state index in [4.69, 9.17) is 0 Å². The summed E-state index contributed by atoms with van der Waals surface area (Å²) < 4.78 is 27.1. The number of benzene rings is 3. The Labute approximate surface area is 177 Å². The van der Waals surface area contributed by atoms with Gasteiger partial charge in [-0.25, -0.2) is 13.8 Å². The molecular weight excluding hydrogens is 400 g/mol. The van der Waals surface area contributed by atoms with Crippen molar-refractivity contribution in [2.24, 2.45) is 4.99 Å². The van der Waals surface area contributed by atoms with Crippen LogP contribution in [0.5, 0.6) is 0 Å². The first-order valence-corrected chi connectivity index (χ1v) is 9.85. The van der Waals surface area contributed by atoms with Gasteiger partial charge in [0.2, 0.25) is 6.17 Å². The molecule has 7 heteroatoms. The SMILES string of the molecule is O=C(N[C@@H]1N=C(c2ccccc2)c2cccc3c2N(CC3)C1=O)c1cc(F)cc(F)c1. The lowest BCUT2D eigenvalue weighted by Gasteiger charge is -2.21. The molecule has 0 radical (unpaired) electrons. The molecule has 3 aromatic carbocycles. The molecule has 3 aromatic rings. The Morgan fingerprint density at radius 1 is 1.00 bits per heavy atom. The minimum absolute atomic E-state index is 0.217. The van der Waals surface area contributed by atoms with Gasteiger partial charge in [0.25, 0.3) is 11.8 Å². The van der Waals surface area contributed by atoms with Gasteiger partial charge >= 0.3 is 0 Å². The Bertz CT molecular complexity index is 1220. The number of nitrogens with one attached hydrogen (secondary N) is 1. The number of para-hydroxylation sites is 1. The zero-order chi connectivity index (χ0) is 21.5. The summed E-state index contributed by atoms with van der Waals surface area (Å²) in [6.45, 7) is 0.476. The van der Waals surface area contributed by atoms with E-state index in [1.165, 1.54) is 0 Å². The first-order chi connectivity index (χ1) is 15.0. The molecule has 2 aliphatic heterocycles. The topological polar surface area (TPSA) is 61.8 Å². The second-order valence-electron chi connectivity index (χ2n) is 7.43. The van der Waals surface area contributed by atoms with E-state index >= 15 is 0 Å². The van der Waals surface area contributed by atoms with Crippen LogP contribution in [0.4, 0.5) is 14.5 Å². The second-order valence-corrected chi connectivity index (χ2v) is 7.43. The Hall–Kier alpha value is -3.87. The summed E-state index contributed by atoms with van der Waals surface area (Å²) >= 11 is 0. The maximum absolute atomic E-state index is 13.6. The summed E-state index contributed by atoms with van der Waals surface area (Å²) in [6.07, 6.45) is -0.528. The smallest absolute Gasteiger partial charge is 0.272 e. The van der Waals surface area contributed by atoms with Gasteiger partial charge in [-0.05, 0) is 24.1 Å². The summed E-state index contributed by atoms with van der Waals surface area (Å²) in [5, 5.41) is 2.55. The number of aliphatic imine (C=N–C) groups is 1. The van der Waals surface area contributed by atoms with Crippen molar-refractivity contribution in [3.8, 4) is 0 Å². The van der Waals surface area contributed by atoms with Crippen LogP contribution >= 0.6 is 0 Å². The molecule has 1 atom stereocenters. The summed E-state index contributed by atoms with van der Waals surface area (Å²) in [7, 11) is 0. The van der Waals surface area contributed by atoms with Crippen molar-refractivity contribution in [2.45, 2.75) is 12.6 Å². The van der Waals surface area contributed by atoms with Gasteiger partial charge in [0, 0.05) is 29.3 Å². The predicted octanol–water partition coefficient (Wildman–Crippen LogP) is 3.46. The van der Waals surface area contributed by atoms with Gasteiger partial charge in [0.15, 0.2) is 0 Å². The van der Waals surface area contributed by atoms with Crippen LogP contribution in [0.1, 0.15) is 27.0 Å². The van der Waals surface area contributed by atoms with Crippen molar-refractivity contribution in [3.63, 3.8) is 0 Å². The molecule has 0 fully saturated rings. The van der Waals surface area contributed by atoms with Crippen LogP contribution < -0.4 is 10.2 Å². The van der Waals surface area contributed by atoms with Crippen molar-refractivity contribution < 1.29 is 18.4 Å². The van der Waals surface area contributed by atoms with Crippen LogP contribution in [-0.2, 0) is 11.2 Å². The molecule has 0 bridgehead atoms. The predicted molar refractivity (Wildman–Crippen MR) is 112 cm³/mol. The molecular formula is C24H17F2N3O2. The van der Waals surface area contributed by atoms with E-state index in [1.54, 1.807) is 4.90 Å². The zero-order valence-corrected chi connectivity index (χ0v) is 16.3. The summed E-state index contributed by atoms with van der Waals surface area (Å²) in [6, 6.07) is 17.7. The quantitative estimate of drug-likeness (QED) is 0.710. The van der Waals surface area contributed by atoms with Crippen molar-refractivity contribution in [2.75, 3.05) is 11.4 Å². The highest BCUT2D eigenvalue weighted by Crippen LogP contribution is 2.36. The summed E-state index contributed by atoms with van der Waals surface area (Å²) in [4.78, 5) is 32.3. The zero-order valence-electron chi connectivity index (χ0n) is 16.3. The number of anilines is 1. The molecule has 2 amide bonds. The lowest BCUT2D eigenvalue weighted by molar-refractivity contribution is -0.120. The third kappa shape index (κ3) is 3.38. The number of hydrogen-bond donors (Lipinski definition) is 1. The maximum Gasteiger partial charge on any atom is 0.272 e. The van der Waals surface area contributed by atoms with Gasteiger partial charge in [-0.2, -0.15) is 0 Å². The average Bonchev–Trinajstić information content (AvgIpc) is 3.15. The van der Waals surface area contributed by atoms with Crippen molar-refractivity contribution >= 4 is 23.2 Å². The van der Waals surface area contributed by atoms with E-state index in [1.807, 2.05) is 48.5 Å². The van der Waals surface area contributed by atoms with Gasteiger partial charge in [-0.15, -0.1) is 0 Å². The van der Waals surface area contributed by atoms with Gasteiger partial charge < -0.3 is 10.2 Å². The minimum Gasteiger partial charge on any atom is -0.322 e. The van der Waals surface area contributed by atoms with Gasteiger partial charge in [-0.1, -0.05) is 48.5 Å². The number of amides is 2. The van der Waals surface area contributed by atoms with E-state index in [9.17, 15) is 18.4 Å².